The number of hydrogen-bond donors (Lipinski definition) is 1. The van der Waals surface area contributed by atoms with Crippen molar-refractivity contribution in [3.8, 4) is 0 Å². The molecule has 1 aromatic heterocycles. The van der Waals surface area contributed by atoms with Crippen molar-refractivity contribution in [1.29, 1.82) is 0 Å². The first-order chi connectivity index (χ1) is 8.81. The van der Waals surface area contributed by atoms with Crippen LogP contribution in [-0.4, -0.2) is 18.4 Å². The molecule has 2 rings (SSSR count). The summed E-state index contributed by atoms with van der Waals surface area (Å²) in [5, 5.41) is 9.49. The van der Waals surface area contributed by atoms with Gasteiger partial charge in [-0.25, -0.2) is 0 Å². The summed E-state index contributed by atoms with van der Waals surface area (Å²) >= 11 is 0. The van der Waals surface area contributed by atoms with Gasteiger partial charge in [0, 0.05) is 7.11 Å². The number of alkyl halides is 3. The average Bonchev–Trinajstić information content (AvgIpc) is 2.37. The largest absolute Gasteiger partial charge is 0.464 e. The Morgan fingerprint density at radius 3 is 2.47 bits per heavy atom. The average molecular weight is 274 g/mol. The number of hydrogen-bond acceptors (Lipinski definition) is 4. The smallest absolute Gasteiger partial charge is 0.448 e. The highest BCUT2D eigenvalue weighted by Crippen LogP contribution is 2.38. The van der Waals surface area contributed by atoms with Crippen molar-refractivity contribution in [2.24, 2.45) is 0 Å². The Morgan fingerprint density at radius 1 is 1.26 bits per heavy atom. The molecule has 0 saturated heterocycles. The van der Waals surface area contributed by atoms with Crippen LogP contribution in [0.25, 0.3) is 11.0 Å². The summed E-state index contributed by atoms with van der Waals surface area (Å²) in [7, 11) is 0.655. The molecular weight excluding hydrogens is 265 g/mol. The third-order valence-corrected chi connectivity index (χ3v) is 2.72. The molecule has 1 aromatic carbocycles. The molecule has 1 unspecified atom stereocenters. The second-order valence-electron chi connectivity index (χ2n) is 3.82. The van der Waals surface area contributed by atoms with Crippen molar-refractivity contribution < 1.29 is 27.4 Å². The fraction of sp³-hybridized carbons (Fsp3) is 0.250. The van der Waals surface area contributed by atoms with E-state index in [0.717, 1.165) is 0 Å². The van der Waals surface area contributed by atoms with E-state index in [9.17, 15) is 23.1 Å². The minimum Gasteiger partial charge on any atom is -0.464 e. The molecule has 2 aromatic rings. The maximum atomic E-state index is 12.8. The van der Waals surface area contributed by atoms with Crippen LogP contribution in [-0.2, 0) is 10.5 Å². The Labute approximate surface area is 105 Å². The Kier molecular flexibility index (Phi) is 3.11. The number of halogens is 3. The molecule has 7 heteroatoms. The zero-order valence-electron chi connectivity index (χ0n) is 9.69. The third kappa shape index (κ3) is 2.00. The summed E-state index contributed by atoms with van der Waals surface area (Å²) in [4.78, 5) is 12.0. The third-order valence-electron chi connectivity index (χ3n) is 2.72. The zero-order chi connectivity index (χ0) is 14.3. The molecule has 19 heavy (non-hydrogen) atoms. The Morgan fingerprint density at radius 2 is 1.89 bits per heavy atom. The van der Waals surface area contributed by atoms with Crippen LogP contribution in [0, 0.1) is 0 Å². The van der Waals surface area contributed by atoms with Gasteiger partial charge in [-0.2, -0.15) is 13.2 Å². The lowest BCUT2D eigenvalue weighted by atomic mass is 10.1. The number of methoxy groups -OCH3 is 1. The lowest BCUT2D eigenvalue weighted by Gasteiger charge is -2.27. The van der Waals surface area contributed by atoms with Gasteiger partial charge in [0.05, 0.1) is 5.39 Å². The molecule has 0 aliphatic heterocycles. The number of fused-ring (bicyclic) bond motifs is 1. The van der Waals surface area contributed by atoms with Gasteiger partial charge in [0.1, 0.15) is 17.4 Å². The van der Waals surface area contributed by atoms with Gasteiger partial charge >= 0.3 is 6.18 Å². The van der Waals surface area contributed by atoms with Gasteiger partial charge in [0.15, 0.2) is 0 Å². The van der Waals surface area contributed by atoms with Gasteiger partial charge in [0.25, 0.3) is 5.79 Å². The molecular formula is C12H9F3O4. The molecule has 0 aliphatic carbocycles. The molecule has 0 aliphatic rings. The maximum absolute atomic E-state index is 12.8. The molecule has 1 N–H and O–H groups in total. The molecule has 1 atom stereocenters. The summed E-state index contributed by atoms with van der Waals surface area (Å²) in [6, 6.07) is 5.77. The molecule has 0 bridgehead atoms. The van der Waals surface area contributed by atoms with E-state index in [-0.39, 0.29) is 11.0 Å². The van der Waals surface area contributed by atoms with Crippen LogP contribution < -0.4 is 5.43 Å². The fourth-order valence-corrected chi connectivity index (χ4v) is 1.69. The van der Waals surface area contributed by atoms with Crippen molar-refractivity contribution in [1.82, 2.24) is 0 Å². The molecule has 0 fully saturated rings. The van der Waals surface area contributed by atoms with E-state index in [1.165, 1.54) is 18.2 Å². The van der Waals surface area contributed by atoms with Crippen LogP contribution >= 0.6 is 0 Å². The van der Waals surface area contributed by atoms with E-state index in [1.54, 1.807) is 6.07 Å². The summed E-state index contributed by atoms with van der Waals surface area (Å²) in [6.45, 7) is 0. The first kappa shape index (κ1) is 13.6. The van der Waals surface area contributed by atoms with Gasteiger partial charge in [-0.05, 0) is 12.1 Å². The summed E-state index contributed by atoms with van der Waals surface area (Å²) < 4.78 is 47.5. The van der Waals surface area contributed by atoms with Crippen molar-refractivity contribution >= 4 is 11.0 Å². The first-order valence-corrected chi connectivity index (χ1v) is 5.16. The number of para-hydroxylation sites is 1. The summed E-state index contributed by atoms with van der Waals surface area (Å²) in [5.74, 6) is -3.70. The first-order valence-electron chi connectivity index (χ1n) is 5.16. The predicted octanol–water partition coefficient (Wildman–Crippen LogP) is 2.15. The Balaban J connectivity index is 2.76. The quantitative estimate of drug-likeness (QED) is 0.852. The summed E-state index contributed by atoms with van der Waals surface area (Å²) in [5.41, 5.74) is -1.89. The van der Waals surface area contributed by atoms with E-state index >= 15 is 0 Å². The second-order valence-corrected chi connectivity index (χ2v) is 3.82. The Hall–Kier alpha value is -1.86. The van der Waals surface area contributed by atoms with Crippen LogP contribution in [0.15, 0.2) is 39.7 Å². The zero-order valence-corrected chi connectivity index (χ0v) is 9.69. The van der Waals surface area contributed by atoms with Gasteiger partial charge in [-0.15, -0.1) is 0 Å². The van der Waals surface area contributed by atoms with Crippen molar-refractivity contribution in [2.75, 3.05) is 7.11 Å². The van der Waals surface area contributed by atoms with Crippen LogP contribution in [0.5, 0.6) is 0 Å². The maximum Gasteiger partial charge on any atom is 0.448 e. The second kappa shape index (κ2) is 4.36. The number of aliphatic hydroxyl groups is 1. The van der Waals surface area contributed by atoms with Gasteiger partial charge in [-0.3, -0.25) is 4.79 Å². The molecule has 0 saturated carbocycles. The van der Waals surface area contributed by atoms with Crippen LogP contribution in [0.2, 0.25) is 0 Å². The molecule has 102 valence electrons. The van der Waals surface area contributed by atoms with E-state index < -0.39 is 23.0 Å². The van der Waals surface area contributed by atoms with E-state index in [1.807, 2.05) is 0 Å². The summed E-state index contributed by atoms with van der Waals surface area (Å²) in [6.07, 6.45) is -4.61. The molecule has 1 heterocycles. The number of rotatable bonds is 2. The Bertz CT molecular complexity index is 662. The normalized spacial score (nSPS) is 15.4. The molecule has 0 spiro atoms. The predicted molar refractivity (Wildman–Crippen MR) is 59.4 cm³/mol. The lowest BCUT2D eigenvalue weighted by molar-refractivity contribution is -0.368. The SMILES string of the molecule is COC(O)(c1coc2ccccc2c1=O)C(F)(F)F. The van der Waals surface area contributed by atoms with Crippen molar-refractivity contribution in [3.05, 3.63) is 46.3 Å². The highest BCUT2D eigenvalue weighted by Gasteiger charge is 2.58. The van der Waals surface area contributed by atoms with Crippen molar-refractivity contribution in [3.63, 3.8) is 0 Å². The van der Waals surface area contributed by atoms with E-state index in [0.29, 0.717) is 13.4 Å². The van der Waals surface area contributed by atoms with Crippen LogP contribution in [0.4, 0.5) is 13.2 Å². The van der Waals surface area contributed by atoms with Gasteiger partial charge in [0.2, 0.25) is 5.43 Å². The van der Waals surface area contributed by atoms with E-state index in [4.69, 9.17) is 4.42 Å². The number of benzene rings is 1. The lowest BCUT2D eigenvalue weighted by Crippen LogP contribution is -2.47. The molecule has 4 nitrogen and oxygen atoms in total. The van der Waals surface area contributed by atoms with Crippen LogP contribution in [0.3, 0.4) is 0 Å². The fourth-order valence-electron chi connectivity index (χ4n) is 1.69. The highest BCUT2D eigenvalue weighted by molar-refractivity contribution is 5.76. The topological polar surface area (TPSA) is 59.7 Å². The minimum absolute atomic E-state index is 0.0697. The van der Waals surface area contributed by atoms with Gasteiger partial charge in [-0.1, -0.05) is 12.1 Å². The molecule has 0 radical (unpaired) electrons. The van der Waals surface area contributed by atoms with Gasteiger partial charge < -0.3 is 14.3 Å². The monoisotopic (exact) mass is 274 g/mol. The standard InChI is InChI=1S/C12H9F3O4/c1-18-11(17,12(13,14)15)8-6-19-9-5-3-2-4-7(9)10(8)16/h2-6,17H,1H3. The highest BCUT2D eigenvalue weighted by atomic mass is 19.4. The van der Waals surface area contributed by atoms with Crippen LogP contribution in [0.1, 0.15) is 5.56 Å². The van der Waals surface area contributed by atoms with Crippen molar-refractivity contribution in [2.45, 2.75) is 12.0 Å². The van der Waals surface area contributed by atoms with E-state index in [2.05, 4.69) is 4.74 Å². The number of ether oxygens (including phenoxy) is 1. The minimum atomic E-state index is -5.17. The molecule has 0 amide bonds.